The summed E-state index contributed by atoms with van der Waals surface area (Å²) in [6, 6.07) is 67.4. The van der Waals surface area contributed by atoms with Crippen LogP contribution in [0.3, 0.4) is 0 Å². The summed E-state index contributed by atoms with van der Waals surface area (Å²) in [6.45, 7) is 78.1. The van der Waals surface area contributed by atoms with E-state index in [1.54, 1.807) is 121 Å². The van der Waals surface area contributed by atoms with Crippen molar-refractivity contribution in [2.75, 3.05) is 78.5 Å². The molecule has 0 aromatic heterocycles. The Kier molecular flexibility index (Phi) is 63.0. The van der Waals surface area contributed by atoms with E-state index in [1.165, 1.54) is 222 Å². The largest absolute Gasteiger partial charge is 0.330 e. The van der Waals surface area contributed by atoms with Gasteiger partial charge in [0, 0.05) is 96.9 Å². The van der Waals surface area contributed by atoms with Gasteiger partial charge in [-0.2, -0.15) is 0 Å². The van der Waals surface area contributed by atoms with E-state index in [1.807, 2.05) is 0 Å². The standard InChI is InChI=1S/C92H232N12Si17/c1-105(2,49-25-37-93)61-73-117(74-62-106(3,4)50-26-38-94,75-63-107(5,6)51-27-39-95)85-89-121(90-86-118(76-64-108(7,8)52-28-40-96,77-65-109(9,10)53-29-41-97)78-66-110(11,12)54-30-42-98,91-87-119(79-67-111(13,14)55-31-43-99,80-68-112(15,16)56-32-44-100)81-69-113(17,18)57-33-45-101)92-88-120(82-70-114(19,20)58-34-46-102,83-71-115(21,22)59-35-47-103)84-72-116(23,24)60-36-48-104/h25-104H2,1-24H3. The van der Waals surface area contributed by atoms with Gasteiger partial charge < -0.3 is 68.8 Å². The Morgan fingerprint density at radius 3 is 0.207 bits per heavy atom. The fourth-order valence-electron chi connectivity index (χ4n) is 21.6. The van der Waals surface area contributed by atoms with Gasteiger partial charge in [-0.05, 0) is 156 Å². The van der Waals surface area contributed by atoms with Gasteiger partial charge in [0.25, 0.3) is 0 Å². The topological polar surface area (TPSA) is 312 Å². The minimum absolute atomic E-state index is 0.839. The molecule has 0 aromatic rings. The number of hydrogen-bond donors (Lipinski definition) is 12. The molecule has 0 fully saturated rings. The normalized spacial score (nSPS) is 14.4. The van der Waals surface area contributed by atoms with Crippen molar-refractivity contribution in [1.29, 1.82) is 0 Å². The van der Waals surface area contributed by atoms with Crippen LogP contribution >= 0.6 is 0 Å². The first-order valence-electron chi connectivity index (χ1n) is 52.5. The fourth-order valence-corrected chi connectivity index (χ4v) is 121. The highest BCUT2D eigenvalue weighted by atomic mass is 28.4. The van der Waals surface area contributed by atoms with Crippen LogP contribution in [0.5, 0.6) is 0 Å². The van der Waals surface area contributed by atoms with Gasteiger partial charge in [-0.25, -0.2) is 0 Å². The first-order valence-corrected chi connectivity index (χ1v) is 108. The summed E-state index contributed by atoms with van der Waals surface area (Å²) in [4.78, 5) is 0. The highest BCUT2D eigenvalue weighted by Gasteiger charge is 2.50. The quantitative estimate of drug-likeness (QED) is 0.0253. The van der Waals surface area contributed by atoms with E-state index in [2.05, 4.69) is 157 Å². The smallest absolute Gasteiger partial charge is 0.0524 e. The molecule has 0 rings (SSSR count). The minimum atomic E-state index is -2.31. The van der Waals surface area contributed by atoms with E-state index in [-0.39, 0.29) is 0 Å². The average Bonchev–Trinajstić information content (AvgIpc) is 0.784. The summed E-state index contributed by atoms with van der Waals surface area (Å²) < 4.78 is 0. The van der Waals surface area contributed by atoms with Gasteiger partial charge in [0.15, 0.2) is 0 Å². The molecular formula is C92H232N12Si17. The summed E-state index contributed by atoms with van der Waals surface area (Å²) in [6.07, 6.45) is 14.4. The van der Waals surface area contributed by atoms with E-state index in [0.717, 1.165) is 78.5 Å². The minimum Gasteiger partial charge on any atom is -0.330 e. The molecule has 0 radical (unpaired) electrons. The third kappa shape index (κ3) is 59.0. The zero-order chi connectivity index (χ0) is 92.6. The highest BCUT2D eigenvalue weighted by Crippen LogP contribution is 2.52. The second kappa shape index (κ2) is 61.3. The van der Waals surface area contributed by atoms with Crippen LogP contribution < -0.4 is 68.8 Å². The lowest BCUT2D eigenvalue weighted by atomic mass is 10.5. The van der Waals surface area contributed by atoms with Crippen molar-refractivity contribution in [3.8, 4) is 0 Å². The first-order chi connectivity index (χ1) is 56.0. The third-order valence-electron chi connectivity index (χ3n) is 33.4. The van der Waals surface area contributed by atoms with E-state index >= 15 is 0 Å². The SMILES string of the molecule is C[Si](C)(CCCN)CC[Si](CC[Si](C)(C)CCCN)(CC[Si](C)(C)CCCN)CC[Si](CC[Si](CC[Si](C)(C)CCCN)(CC[Si](C)(C)CCCN)CC[Si](C)(C)CCCN)(CC[Si](CC[Si](C)(C)CCCN)(CC[Si](C)(C)CCCN)CC[Si](C)(C)CCCN)CC[Si](CC[Si](C)(C)CCCN)(CC[Si](C)(C)CCCN)CC[Si](C)(C)CCCN. The Morgan fingerprint density at radius 2 is 0.149 bits per heavy atom. The predicted molar refractivity (Wildman–Crippen MR) is 614 cm³/mol. The van der Waals surface area contributed by atoms with Crippen molar-refractivity contribution < 1.29 is 0 Å². The molecule has 0 amide bonds. The highest BCUT2D eigenvalue weighted by molar-refractivity contribution is 6.96. The molecule has 0 saturated carbocycles. The van der Waals surface area contributed by atoms with Crippen molar-refractivity contribution in [3.63, 3.8) is 0 Å². The Hall–Kier alpha value is 3.21. The van der Waals surface area contributed by atoms with Crippen molar-refractivity contribution in [2.24, 2.45) is 68.8 Å². The zero-order valence-electron chi connectivity index (χ0n) is 87.5. The van der Waals surface area contributed by atoms with Crippen LogP contribution in [0.15, 0.2) is 0 Å². The van der Waals surface area contributed by atoms with Crippen LogP contribution in [-0.2, 0) is 0 Å². The zero-order valence-corrected chi connectivity index (χ0v) is 105. The molecule has 0 atom stereocenters. The number of rotatable bonds is 84. The molecule has 0 aliphatic carbocycles. The maximum atomic E-state index is 6.61. The van der Waals surface area contributed by atoms with Gasteiger partial charge in [0.1, 0.15) is 0 Å². The molecule has 0 aliphatic heterocycles. The molecule has 0 aromatic carbocycles. The maximum absolute atomic E-state index is 6.61. The number of nitrogens with two attached hydrogens (primary N) is 12. The summed E-state index contributed by atoms with van der Waals surface area (Å²) in [5.41, 5.74) is 79.3. The Labute approximate surface area is 778 Å². The molecule has 24 N–H and O–H groups in total. The van der Waals surface area contributed by atoms with Crippen molar-refractivity contribution in [2.45, 2.75) is 500 Å². The van der Waals surface area contributed by atoms with E-state index in [0.29, 0.717) is 0 Å². The van der Waals surface area contributed by atoms with Crippen LogP contribution in [0.25, 0.3) is 0 Å². The van der Waals surface area contributed by atoms with Gasteiger partial charge in [-0.1, -0.05) is 423 Å². The van der Waals surface area contributed by atoms with Gasteiger partial charge in [-0.3, -0.25) is 0 Å². The van der Waals surface area contributed by atoms with Gasteiger partial charge in [-0.15, -0.1) is 0 Å². The van der Waals surface area contributed by atoms with Crippen LogP contribution in [0.1, 0.15) is 77.0 Å². The predicted octanol–water partition coefficient (Wildman–Crippen LogP) is 25.9. The van der Waals surface area contributed by atoms with Gasteiger partial charge in [0.2, 0.25) is 0 Å². The summed E-state index contributed by atoms with van der Waals surface area (Å²) in [7, 11) is -29.4. The van der Waals surface area contributed by atoms with Crippen LogP contribution in [0, 0.1) is 0 Å². The molecular weight excluding hydrogens is 1750 g/mol. The second-order valence-corrected chi connectivity index (χ2v) is 141. The van der Waals surface area contributed by atoms with Crippen molar-refractivity contribution >= 4 is 137 Å². The van der Waals surface area contributed by atoms with E-state index in [4.69, 9.17) is 68.8 Å². The Balaban J connectivity index is 11.5. The average molecular weight is 1980 g/mol. The first kappa shape index (κ1) is 124. The summed E-state index contributed by atoms with van der Waals surface area (Å²) >= 11 is 0. The summed E-state index contributed by atoms with van der Waals surface area (Å²) in [5, 5.41) is 0. The molecule has 0 spiro atoms. The molecule has 0 unspecified atom stereocenters. The Morgan fingerprint density at radius 1 is 0.0909 bits per heavy atom. The Bertz CT molecular complexity index is 2000. The van der Waals surface area contributed by atoms with Crippen LogP contribution in [-0.4, -0.2) is 216 Å². The molecule has 0 bridgehead atoms. The second-order valence-electron chi connectivity index (χ2n) is 52.2. The van der Waals surface area contributed by atoms with Crippen molar-refractivity contribution in [1.82, 2.24) is 0 Å². The third-order valence-corrected chi connectivity index (χ3v) is 107. The molecule has 29 heteroatoms. The molecule has 0 heterocycles. The number of hydrogen-bond acceptors (Lipinski definition) is 12. The molecule has 12 nitrogen and oxygen atoms in total. The van der Waals surface area contributed by atoms with E-state index in [9.17, 15) is 0 Å². The van der Waals surface area contributed by atoms with E-state index < -0.39 is 137 Å². The molecule has 121 heavy (non-hydrogen) atoms. The van der Waals surface area contributed by atoms with Crippen molar-refractivity contribution in [3.05, 3.63) is 0 Å². The molecule has 728 valence electrons. The van der Waals surface area contributed by atoms with Gasteiger partial charge in [0.05, 0.1) is 40.4 Å². The lowest BCUT2D eigenvalue weighted by molar-refractivity contribution is 0.895. The van der Waals surface area contributed by atoms with Gasteiger partial charge >= 0.3 is 0 Å². The van der Waals surface area contributed by atoms with Crippen LogP contribution in [0.2, 0.25) is 423 Å². The van der Waals surface area contributed by atoms with Crippen LogP contribution in [0.4, 0.5) is 0 Å². The lowest BCUT2D eigenvalue weighted by Crippen LogP contribution is -2.49. The maximum Gasteiger partial charge on any atom is 0.0524 e. The monoisotopic (exact) mass is 1980 g/mol. The molecule has 0 aliphatic rings. The lowest BCUT2D eigenvalue weighted by Gasteiger charge is -2.47. The fraction of sp³-hybridized carbons (Fsp3) is 1.00. The summed E-state index contributed by atoms with van der Waals surface area (Å²) in [5.74, 6) is 0. The molecule has 0 saturated heterocycles.